The SMILES string of the molecule is Cn1cc(-c2cc(-c3ccc(N4CC5[C@H](C4)[C@H]5NC(=O)Cc4ccccc4)nc3)c3c(C#N)cnn3c2)cn1. The minimum Gasteiger partial charge on any atom is -0.356 e. The van der Waals surface area contributed by atoms with Crippen LogP contribution < -0.4 is 10.2 Å². The number of fused-ring (bicyclic) bond motifs is 2. The Morgan fingerprint density at radius 3 is 2.51 bits per heavy atom. The molecular formula is C30H26N8O. The summed E-state index contributed by atoms with van der Waals surface area (Å²) in [4.78, 5) is 19.6. The van der Waals surface area contributed by atoms with Crippen molar-refractivity contribution in [1.29, 1.82) is 5.26 Å². The molecule has 5 aromatic rings. The van der Waals surface area contributed by atoms with Crippen LogP contribution >= 0.6 is 0 Å². The predicted molar refractivity (Wildman–Crippen MR) is 147 cm³/mol. The second-order valence-corrected chi connectivity index (χ2v) is 10.4. The molecule has 192 valence electrons. The number of benzene rings is 1. The number of amides is 1. The lowest BCUT2D eigenvalue weighted by molar-refractivity contribution is -0.120. The summed E-state index contributed by atoms with van der Waals surface area (Å²) in [7, 11) is 1.89. The van der Waals surface area contributed by atoms with Gasteiger partial charge in [-0.05, 0) is 23.8 Å². The maximum atomic E-state index is 12.5. The van der Waals surface area contributed by atoms with Crippen molar-refractivity contribution in [2.45, 2.75) is 12.5 Å². The number of nitrogens with zero attached hydrogens (tertiary/aromatic N) is 7. The highest BCUT2D eigenvalue weighted by molar-refractivity contribution is 5.87. The van der Waals surface area contributed by atoms with Crippen molar-refractivity contribution < 1.29 is 4.79 Å². The van der Waals surface area contributed by atoms with E-state index >= 15 is 0 Å². The first-order chi connectivity index (χ1) is 19.1. The van der Waals surface area contributed by atoms with E-state index in [1.807, 2.05) is 68.2 Å². The van der Waals surface area contributed by atoms with Crippen LogP contribution in [0.5, 0.6) is 0 Å². The van der Waals surface area contributed by atoms with Crippen molar-refractivity contribution in [2.24, 2.45) is 18.9 Å². The van der Waals surface area contributed by atoms with E-state index in [0.29, 0.717) is 23.8 Å². The molecule has 5 heterocycles. The van der Waals surface area contributed by atoms with Gasteiger partial charge in [-0.25, -0.2) is 9.50 Å². The first-order valence-corrected chi connectivity index (χ1v) is 13.0. The summed E-state index contributed by atoms with van der Waals surface area (Å²) in [5.41, 5.74) is 6.07. The largest absolute Gasteiger partial charge is 0.356 e. The van der Waals surface area contributed by atoms with Gasteiger partial charge in [-0.2, -0.15) is 15.5 Å². The highest BCUT2D eigenvalue weighted by atomic mass is 16.1. The van der Waals surface area contributed by atoms with E-state index in [2.05, 4.69) is 38.6 Å². The molecule has 0 spiro atoms. The Bertz CT molecular complexity index is 1720. The van der Waals surface area contributed by atoms with Gasteiger partial charge in [0.1, 0.15) is 11.9 Å². The van der Waals surface area contributed by atoms with Gasteiger partial charge in [0.2, 0.25) is 5.91 Å². The Balaban J connectivity index is 1.07. The standard InChI is InChI=1S/C30H26N8O/c1-36-15-23(14-33-36)21-10-24(30-22(11-31)13-34-38(30)16-21)20-7-8-27(32-12-20)37-17-25-26(18-37)29(25)35-28(39)9-19-5-3-2-4-6-19/h2-8,10,12-16,25-26,29H,9,17-18H2,1H3,(H,35,39)/t25-,26?,29+/m0/s1. The maximum Gasteiger partial charge on any atom is 0.224 e. The number of carbonyl (C=O) groups excluding carboxylic acids is 1. The summed E-state index contributed by atoms with van der Waals surface area (Å²) in [6, 6.07) is 18.5. The van der Waals surface area contributed by atoms with E-state index in [0.717, 1.165) is 52.2 Å². The molecule has 1 aliphatic heterocycles. The van der Waals surface area contributed by atoms with Crippen molar-refractivity contribution in [3.05, 3.63) is 90.6 Å². The van der Waals surface area contributed by atoms with Gasteiger partial charge in [-0.3, -0.25) is 9.48 Å². The number of nitrogens with one attached hydrogen (secondary N) is 1. The number of hydrogen-bond donors (Lipinski definition) is 1. The molecule has 2 fully saturated rings. The zero-order valence-electron chi connectivity index (χ0n) is 21.4. The Kier molecular flexibility index (Phi) is 5.40. The Hall–Kier alpha value is -4.97. The van der Waals surface area contributed by atoms with E-state index in [1.165, 1.54) is 0 Å². The molecule has 0 bridgehead atoms. The summed E-state index contributed by atoms with van der Waals surface area (Å²) >= 11 is 0. The fraction of sp³-hybridized carbons (Fsp3) is 0.233. The van der Waals surface area contributed by atoms with Gasteiger partial charge in [0.25, 0.3) is 0 Å². The third-order valence-electron chi connectivity index (χ3n) is 7.88. The Morgan fingerprint density at radius 2 is 1.82 bits per heavy atom. The zero-order valence-corrected chi connectivity index (χ0v) is 21.4. The van der Waals surface area contributed by atoms with Crippen LogP contribution in [0.25, 0.3) is 27.8 Å². The van der Waals surface area contributed by atoms with Crippen molar-refractivity contribution >= 4 is 17.2 Å². The highest BCUT2D eigenvalue weighted by Crippen LogP contribution is 2.46. The van der Waals surface area contributed by atoms with Crippen LogP contribution in [0.1, 0.15) is 11.1 Å². The van der Waals surface area contributed by atoms with E-state index in [4.69, 9.17) is 4.98 Å². The molecule has 9 nitrogen and oxygen atoms in total. The van der Waals surface area contributed by atoms with Crippen LogP contribution in [0.3, 0.4) is 0 Å². The molecular weight excluding hydrogens is 488 g/mol. The number of piperidine rings is 1. The van der Waals surface area contributed by atoms with Gasteiger partial charge in [0, 0.05) is 78.9 Å². The molecule has 39 heavy (non-hydrogen) atoms. The molecule has 1 N–H and O–H groups in total. The fourth-order valence-corrected chi connectivity index (χ4v) is 5.83. The minimum atomic E-state index is 0.0890. The number of anilines is 1. The number of nitriles is 1. The quantitative estimate of drug-likeness (QED) is 0.372. The number of rotatable bonds is 6. The summed E-state index contributed by atoms with van der Waals surface area (Å²) in [6.45, 7) is 1.77. The van der Waals surface area contributed by atoms with Gasteiger partial charge < -0.3 is 10.2 Å². The first kappa shape index (κ1) is 23.2. The van der Waals surface area contributed by atoms with Crippen molar-refractivity contribution in [3.8, 4) is 28.3 Å². The molecule has 1 amide bonds. The van der Waals surface area contributed by atoms with E-state index < -0.39 is 0 Å². The number of aryl methyl sites for hydroxylation is 1. The second-order valence-electron chi connectivity index (χ2n) is 10.4. The number of pyridine rings is 2. The lowest BCUT2D eigenvalue weighted by Crippen LogP contribution is -2.35. The van der Waals surface area contributed by atoms with Crippen molar-refractivity contribution in [2.75, 3.05) is 18.0 Å². The zero-order chi connectivity index (χ0) is 26.5. The monoisotopic (exact) mass is 514 g/mol. The summed E-state index contributed by atoms with van der Waals surface area (Å²) in [6.07, 6.45) is 9.58. The molecule has 1 unspecified atom stereocenters. The van der Waals surface area contributed by atoms with Gasteiger partial charge in [-0.15, -0.1) is 0 Å². The van der Waals surface area contributed by atoms with Crippen LogP contribution in [0.2, 0.25) is 0 Å². The third kappa shape index (κ3) is 4.20. The first-order valence-electron chi connectivity index (χ1n) is 13.0. The smallest absolute Gasteiger partial charge is 0.224 e. The van der Waals surface area contributed by atoms with Crippen LogP contribution in [0, 0.1) is 23.2 Å². The highest BCUT2D eigenvalue weighted by Gasteiger charge is 2.56. The average molecular weight is 515 g/mol. The van der Waals surface area contributed by atoms with Crippen LogP contribution in [0.4, 0.5) is 5.82 Å². The van der Waals surface area contributed by atoms with E-state index in [9.17, 15) is 10.1 Å². The van der Waals surface area contributed by atoms with Crippen LogP contribution in [0.15, 0.2) is 79.5 Å². The second kappa shape index (κ2) is 9.10. The van der Waals surface area contributed by atoms with E-state index in [-0.39, 0.29) is 11.9 Å². The predicted octanol–water partition coefficient (Wildman–Crippen LogP) is 3.46. The lowest BCUT2D eigenvalue weighted by atomic mass is 10.0. The van der Waals surface area contributed by atoms with Crippen molar-refractivity contribution in [1.82, 2.24) is 29.7 Å². The normalized spacial score (nSPS) is 19.6. The third-order valence-corrected chi connectivity index (χ3v) is 7.88. The number of carbonyl (C=O) groups is 1. The molecule has 7 rings (SSSR count). The maximum absolute atomic E-state index is 12.5. The molecule has 9 heteroatoms. The molecule has 1 aromatic carbocycles. The van der Waals surface area contributed by atoms with Crippen LogP contribution in [-0.2, 0) is 18.3 Å². The Morgan fingerprint density at radius 1 is 1.00 bits per heavy atom. The molecule has 1 saturated heterocycles. The van der Waals surface area contributed by atoms with Crippen molar-refractivity contribution in [3.63, 3.8) is 0 Å². The summed E-state index contributed by atoms with van der Waals surface area (Å²) in [5.74, 6) is 1.94. The lowest BCUT2D eigenvalue weighted by Gasteiger charge is -2.21. The number of hydrogen-bond acceptors (Lipinski definition) is 6. The molecule has 3 atom stereocenters. The topological polar surface area (TPSA) is 104 Å². The number of aromatic nitrogens is 5. The minimum absolute atomic E-state index is 0.0890. The molecule has 1 aliphatic carbocycles. The van der Waals surface area contributed by atoms with Crippen LogP contribution in [-0.4, -0.2) is 49.4 Å². The molecule has 0 radical (unpaired) electrons. The molecule has 1 saturated carbocycles. The van der Waals surface area contributed by atoms with Gasteiger partial charge in [0.15, 0.2) is 0 Å². The van der Waals surface area contributed by atoms with Gasteiger partial charge >= 0.3 is 0 Å². The van der Waals surface area contributed by atoms with Gasteiger partial charge in [-0.1, -0.05) is 30.3 Å². The summed E-state index contributed by atoms with van der Waals surface area (Å²) in [5, 5.41) is 21.6. The average Bonchev–Trinajstić information content (AvgIpc) is 3.41. The molecule has 4 aromatic heterocycles. The van der Waals surface area contributed by atoms with E-state index in [1.54, 1.807) is 15.4 Å². The summed E-state index contributed by atoms with van der Waals surface area (Å²) < 4.78 is 3.52. The fourth-order valence-electron chi connectivity index (χ4n) is 5.83. The molecule has 2 aliphatic rings. The Labute approximate surface area is 225 Å². The van der Waals surface area contributed by atoms with Gasteiger partial charge in [0.05, 0.1) is 29.9 Å².